The van der Waals surface area contributed by atoms with Gasteiger partial charge in [-0.05, 0) is 45.1 Å². The van der Waals surface area contributed by atoms with Crippen LogP contribution in [0.5, 0.6) is 0 Å². The lowest BCUT2D eigenvalue weighted by atomic mass is 9.80. The fourth-order valence-corrected chi connectivity index (χ4v) is 3.79. The molecule has 2 unspecified atom stereocenters. The van der Waals surface area contributed by atoms with Crippen LogP contribution in [0.3, 0.4) is 0 Å². The molecule has 0 spiro atoms. The molecule has 2 nitrogen and oxygen atoms in total. The van der Waals surface area contributed by atoms with Crippen LogP contribution in [0.25, 0.3) is 0 Å². The standard InChI is InChI=1S/C15H29NO/c1-3-16-14(15(2)11-8-12-17-15)13-9-6-4-5-7-10-13/h13-14,16H,3-12H2,1-2H3. The molecule has 0 bridgehead atoms. The number of rotatable bonds is 4. The van der Waals surface area contributed by atoms with Crippen LogP contribution < -0.4 is 5.32 Å². The van der Waals surface area contributed by atoms with Gasteiger partial charge in [0.15, 0.2) is 0 Å². The normalized spacial score (nSPS) is 33.5. The minimum atomic E-state index is 0.102. The number of hydrogen-bond donors (Lipinski definition) is 1. The van der Waals surface area contributed by atoms with E-state index in [1.165, 1.54) is 51.4 Å². The highest BCUT2D eigenvalue weighted by Gasteiger charge is 2.41. The highest BCUT2D eigenvalue weighted by atomic mass is 16.5. The average Bonchev–Trinajstić information content (AvgIpc) is 2.62. The Kier molecular flexibility index (Phi) is 4.87. The van der Waals surface area contributed by atoms with Gasteiger partial charge in [0.1, 0.15) is 0 Å². The largest absolute Gasteiger partial charge is 0.374 e. The Morgan fingerprint density at radius 3 is 2.41 bits per heavy atom. The molecule has 2 rings (SSSR count). The Morgan fingerprint density at radius 1 is 1.18 bits per heavy atom. The lowest BCUT2D eigenvalue weighted by molar-refractivity contribution is -0.0304. The second-order valence-electron chi connectivity index (χ2n) is 6.05. The van der Waals surface area contributed by atoms with Gasteiger partial charge in [0.2, 0.25) is 0 Å². The predicted molar refractivity (Wildman–Crippen MR) is 72.2 cm³/mol. The molecule has 100 valence electrons. The zero-order valence-electron chi connectivity index (χ0n) is 11.6. The van der Waals surface area contributed by atoms with Crippen molar-refractivity contribution in [2.24, 2.45) is 5.92 Å². The third kappa shape index (κ3) is 3.23. The molecule has 1 saturated carbocycles. The van der Waals surface area contributed by atoms with E-state index in [-0.39, 0.29) is 5.60 Å². The van der Waals surface area contributed by atoms with E-state index in [0.29, 0.717) is 6.04 Å². The molecule has 0 amide bonds. The van der Waals surface area contributed by atoms with E-state index in [4.69, 9.17) is 4.74 Å². The quantitative estimate of drug-likeness (QED) is 0.758. The van der Waals surface area contributed by atoms with E-state index >= 15 is 0 Å². The minimum absolute atomic E-state index is 0.102. The first-order chi connectivity index (χ1) is 8.26. The predicted octanol–water partition coefficient (Wildman–Crippen LogP) is 3.50. The summed E-state index contributed by atoms with van der Waals surface area (Å²) in [5.41, 5.74) is 0.102. The van der Waals surface area contributed by atoms with E-state index in [9.17, 15) is 0 Å². The molecule has 1 heterocycles. The summed E-state index contributed by atoms with van der Waals surface area (Å²) >= 11 is 0. The van der Waals surface area contributed by atoms with Crippen LogP contribution in [0.1, 0.15) is 65.2 Å². The lowest BCUT2D eigenvalue weighted by Crippen LogP contribution is -2.52. The van der Waals surface area contributed by atoms with E-state index in [0.717, 1.165) is 19.1 Å². The van der Waals surface area contributed by atoms with Gasteiger partial charge in [0, 0.05) is 12.6 Å². The van der Waals surface area contributed by atoms with Gasteiger partial charge in [0.05, 0.1) is 5.60 Å². The maximum Gasteiger partial charge on any atom is 0.0810 e. The second kappa shape index (κ2) is 6.19. The molecule has 1 saturated heterocycles. The van der Waals surface area contributed by atoms with E-state index < -0.39 is 0 Å². The van der Waals surface area contributed by atoms with Gasteiger partial charge in [-0.3, -0.25) is 0 Å². The SMILES string of the molecule is CCNC(C1CCCCCC1)C1(C)CCCO1. The van der Waals surface area contributed by atoms with Gasteiger partial charge in [-0.1, -0.05) is 32.6 Å². The summed E-state index contributed by atoms with van der Waals surface area (Å²) in [5.74, 6) is 0.834. The molecular formula is C15H29NO. The fourth-order valence-electron chi connectivity index (χ4n) is 3.79. The summed E-state index contributed by atoms with van der Waals surface area (Å²) in [5, 5.41) is 3.74. The van der Waals surface area contributed by atoms with Crippen LogP contribution in [0, 0.1) is 5.92 Å². The molecule has 0 aromatic carbocycles. The molecule has 17 heavy (non-hydrogen) atoms. The molecule has 0 aromatic heterocycles. The highest BCUT2D eigenvalue weighted by molar-refractivity contribution is 4.96. The number of ether oxygens (including phenoxy) is 1. The van der Waals surface area contributed by atoms with Crippen molar-refractivity contribution in [1.29, 1.82) is 0 Å². The van der Waals surface area contributed by atoms with Crippen molar-refractivity contribution in [1.82, 2.24) is 5.32 Å². The second-order valence-corrected chi connectivity index (χ2v) is 6.05. The first kappa shape index (κ1) is 13.4. The molecular weight excluding hydrogens is 210 g/mol. The molecule has 0 radical (unpaired) electrons. The average molecular weight is 239 g/mol. The Balaban J connectivity index is 2.03. The van der Waals surface area contributed by atoms with E-state index in [2.05, 4.69) is 19.2 Å². The summed E-state index contributed by atoms with van der Waals surface area (Å²) in [6.45, 7) is 6.59. The number of likely N-dealkylation sites (N-methyl/N-ethyl adjacent to an activating group) is 1. The minimum Gasteiger partial charge on any atom is -0.374 e. The first-order valence-electron chi connectivity index (χ1n) is 7.63. The number of nitrogens with one attached hydrogen (secondary N) is 1. The van der Waals surface area contributed by atoms with Crippen molar-refractivity contribution >= 4 is 0 Å². The zero-order chi connectivity index (χ0) is 12.1. The molecule has 2 fully saturated rings. The summed E-state index contributed by atoms with van der Waals surface area (Å²) < 4.78 is 6.09. The number of hydrogen-bond acceptors (Lipinski definition) is 2. The Hall–Kier alpha value is -0.0800. The van der Waals surface area contributed by atoms with Crippen molar-refractivity contribution in [3.8, 4) is 0 Å². The van der Waals surface area contributed by atoms with Gasteiger partial charge < -0.3 is 10.1 Å². The molecule has 2 heteroatoms. The summed E-state index contributed by atoms with van der Waals surface area (Å²) in [6.07, 6.45) is 11.0. The fraction of sp³-hybridized carbons (Fsp3) is 1.00. The Bertz CT molecular complexity index is 215. The van der Waals surface area contributed by atoms with Crippen LogP contribution in [0.4, 0.5) is 0 Å². The van der Waals surface area contributed by atoms with E-state index in [1.807, 2.05) is 0 Å². The lowest BCUT2D eigenvalue weighted by Gasteiger charge is -2.39. The van der Waals surface area contributed by atoms with Crippen LogP contribution in [0.2, 0.25) is 0 Å². The van der Waals surface area contributed by atoms with Crippen LogP contribution >= 0.6 is 0 Å². The maximum atomic E-state index is 6.09. The third-order valence-corrected chi connectivity index (χ3v) is 4.70. The van der Waals surface area contributed by atoms with Crippen LogP contribution in [-0.4, -0.2) is 24.8 Å². The molecule has 2 atom stereocenters. The van der Waals surface area contributed by atoms with Gasteiger partial charge in [-0.15, -0.1) is 0 Å². The molecule has 1 N–H and O–H groups in total. The van der Waals surface area contributed by atoms with Crippen molar-refractivity contribution in [3.63, 3.8) is 0 Å². The van der Waals surface area contributed by atoms with Crippen molar-refractivity contribution in [2.75, 3.05) is 13.2 Å². The Labute approximate surface area is 107 Å². The van der Waals surface area contributed by atoms with Gasteiger partial charge in [0.25, 0.3) is 0 Å². The van der Waals surface area contributed by atoms with Crippen LogP contribution in [0.15, 0.2) is 0 Å². The van der Waals surface area contributed by atoms with Gasteiger partial charge in [-0.2, -0.15) is 0 Å². The van der Waals surface area contributed by atoms with Crippen LogP contribution in [-0.2, 0) is 4.74 Å². The van der Waals surface area contributed by atoms with Crippen molar-refractivity contribution < 1.29 is 4.74 Å². The molecule has 2 aliphatic rings. The summed E-state index contributed by atoms with van der Waals surface area (Å²) in [6, 6.07) is 0.577. The summed E-state index contributed by atoms with van der Waals surface area (Å²) in [7, 11) is 0. The monoisotopic (exact) mass is 239 g/mol. The topological polar surface area (TPSA) is 21.3 Å². The smallest absolute Gasteiger partial charge is 0.0810 e. The third-order valence-electron chi connectivity index (χ3n) is 4.70. The van der Waals surface area contributed by atoms with Gasteiger partial charge in [-0.25, -0.2) is 0 Å². The zero-order valence-corrected chi connectivity index (χ0v) is 11.6. The molecule has 1 aliphatic carbocycles. The van der Waals surface area contributed by atoms with E-state index in [1.54, 1.807) is 0 Å². The van der Waals surface area contributed by atoms with Crippen molar-refractivity contribution in [2.45, 2.75) is 76.9 Å². The Morgan fingerprint density at radius 2 is 1.88 bits per heavy atom. The molecule has 0 aromatic rings. The first-order valence-corrected chi connectivity index (χ1v) is 7.63. The van der Waals surface area contributed by atoms with Crippen molar-refractivity contribution in [3.05, 3.63) is 0 Å². The highest BCUT2D eigenvalue weighted by Crippen LogP contribution is 2.37. The maximum absolute atomic E-state index is 6.09. The van der Waals surface area contributed by atoms with Gasteiger partial charge >= 0.3 is 0 Å². The summed E-state index contributed by atoms with van der Waals surface area (Å²) in [4.78, 5) is 0. The molecule has 1 aliphatic heterocycles.